The van der Waals surface area contributed by atoms with Crippen LogP contribution in [0.4, 0.5) is 0 Å². The summed E-state index contributed by atoms with van der Waals surface area (Å²) >= 11 is 4.81. The van der Waals surface area contributed by atoms with Crippen LogP contribution in [0, 0.1) is 0 Å². The molecule has 0 spiro atoms. The van der Waals surface area contributed by atoms with Crippen molar-refractivity contribution in [1.82, 2.24) is 4.98 Å². The molecular weight excluding hydrogens is 418 g/mol. The summed E-state index contributed by atoms with van der Waals surface area (Å²) in [5.74, 6) is 0.144. The zero-order valence-corrected chi connectivity index (χ0v) is 16.2. The third kappa shape index (κ3) is 4.17. The smallest absolute Gasteiger partial charge is 0.337 e. The van der Waals surface area contributed by atoms with Crippen LogP contribution in [0.5, 0.6) is 5.75 Å². The first-order valence-corrected chi connectivity index (χ1v) is 9.28. The Morgan fingerprint density at radius 3 is 2.69 bits per heavy atom. The van der Waals surface area contributed by atoms with Crippen molar-refractivity contribution in [3.05, 3.63) is 69.1 Å². The van der Waals surface area contributed by atoms with Crippen molar-refractivity contribution in [3.8, 4) is 16.3 Å². The van der Waals surface area contributed by atoms with Gasteiger partial charge in [0, 0.05) is 15.4 Å². The van der Waals surface area contributed by atoms with Gasteiger partial charge >= 0.3 is 5.97 Å². The number of nitrogens with zero attached hydrogens (tertiary/aromatic N) is 1. The molecule has 3 rings (SSSR count). The van der Waals surface area contributed by atoms with Crippen LogP contribution in [0.25, 0.3) is 10.6 Å². The van der Waals surface area contributed by atoms with Gasteiger partial charge in [0.15, 0.2) is 6.29 Å². The van der Waals surface area contributed by atoms with Crippen LogP contribution in [-0.2, 0) is 11.3 Å². The Kier molecular flexibility index (Phi) is 5.80. The summed E-state index contributed by atoms with van der Waals surface area (Å²) in [7, 11) is 1.35. The van der Waals surface area contributed by atoms with Crippen LogP contribution < -0.4 is 4.74 Å². The van der Waals surface area contributed by atoms with Gasteiger partial charge in [-0.2, -0.15) is 0 Å². The Balaban J connectivity index is 1.70. The van der Waals surface area contributed by atoms with Crippen molar-refractivity contribution in [2.45, 2.75) is 6.61 Å². The number of thiazole rings is 1. The first-order chi connectivity index (χ1) is 12.6. The second-order valence-corrected chi connectivity index (χ2v) is 7.08. The van der Waals surface area contributed by atoms with Crippen LogP contribution in [-0.4, -0.2) is 24.3 Å². The molecule has 26 heavy (non-hydrogen) atoms. The molecule has 0 N–H and O–H groups in total. The van der Waals surface area contributed by atoms with E-state index in [1.165, 1.54) is 18.4 Å². The number of hydrogen-bond acceptors (Lipinski definition) is 6. The SMILES string of the molecule is COC(=O)c1ccc(-c2nc(COc3ccc(Br)cc3C=O)cs2)cc1. The number of esters is 1. The van der Waals surface area contributed by atoms with Crippen molar-refractivity contribution in [2.75, 3.05) is 7.11 Å². The number of halogens is 1. The number of rotatable bonds is 6. The molecule has 0 radical (unpaired) electrons. The quantitative estimate of drug-likeness (QED) is 0.416. The minimum atomic E-state index is -0.370. The van der Waals surface area contributed by atoms with E-state index in [0.29, 0.717) is 16.9 Å². The Morgan fingerprint density at radius 2 is 2.00 bits per heavy atom. The lowest BCUT2D eigenvalue weighted by Crippen LogP contribution is -2.00. The maximum Gasteiger partial charge on any atom is 0.337 e. The molecule has 1 heterocycles. The number of hydrogen-bond donors (Lipinski definition) is 0. The highest BCUT2D eigenvalue weighted by atomic mass is 79.9. The lowest BCUT2D eigenvalue weighted by atomic mass is 10.1. The molecular formula is C19H14BrNO4S. The molecule has 1 aromatic heterocycles. The van der Waals surface area contributed by atoms with Gasteiger partial charge in [0.25, 0.3) is 0 Å². The fourth-order valence-corrected chi connectivity index (χ4v) is 3.46. The second-order valence-electron chi connectivity index (χ2n) is 5.30. The van der Waals surface area contributed by atoms with E-state index < -0.39 is 0 Å². The van der Waals surface area contributed by atoms with Crippen LogP contribution >= 0.6 is 27.3 Å². The van der Waals surface area contributed by atoms with E-state index in [1.807, 2.05) is 23.6 Å². The van der Waals surface area contributed by atoms with Crippen molar-refractivity contribution >= 4 is 39.5 Å². The highest BCUT2D eigenvalue weighted by molar-refractivity contribution is 9.10. The maximum atomic E-state index is 11.5. The molecule has 3 aromatic rings. The average molecular weight is 432 g/mol. The Hall–Kier alpha value is -2.51. The monoisotopic (exact) mass is 431 g/mol. The summed E-state index contributed by atoms with van der Waals surface area (Å²) in [6.45, 7) is 0.263. The fraction of sp³-hybridized carbons (Fsp3) is 0.105. The van der Waals surface area contributed by atoms with Crippen LogP contribution in [0.1, 0.15) is 26.4 Å². The second kappa shape index (κ2) is 8.25. The molecule has 0 aliphatic rings. The summed E-state index contributed by atoms with van der Waals surface area (Å²) in [4.78, 5) is 27.2. The van der Waals surface area contributed by atoms with E-state index >= 15 is 0 Å². The normalized spacial score (nSPS) is 10.4. The minimum Gasteiger partial charge on any atom is -0.487 e. The van der Waals surface area contributed by atoms with E-state index in [1.54, 1.807) is 24.3 Å². The molecule has 0 aliphatic carbocycles. The van der Waals surface area contributed by atoms with Crippen LogP contribution in [0.2, 0.25) is 0 Å². The van der Waals surface area contributed by atoms with Gasteiger partial charge in [0.1, 0.15) is 17.4 Å². The zero-order valence-electron chi connectivity index (χ0n) is 13.8. The van der Waals surface area contributed by atoms with E-state index in [9.17, 15) is 9.59 Å². The zero-order chi connectivity index (χ0) is 18.5. The third-order valence-electron chi connectivity index (χ3n) is 3.58. The van der Waals surface area contributed by atoms with Gasteiger partial charge in [-0.1, -0.05) is 28.1 Å². The van der Waals surface area contributed by atoms with Gasteiger partial charge in [-0.15, -0.1) is 11.3 Å². The first kappa shape index (κ1) is 18.3. The lowest BCUT2D eigenvalue weighted by Gasteiger charge is -2.07. The minimum absolute atomic E-state index is 0.263. The molecule has 132 valence electrons. The number of aromatic nitrogens is 1. The van der Waals surface area contributed by atoms with Gasteiger partial charge in [-0.3, -0.25) is 4.79 Å². The predicted octanol–water partition coefficient (Wildman–Crippen LogP) is 4.75. The van der Waals surface area contributed by atoms with E-state index in [4.69, 9.17) is 4.74 Å². The number of carbonyl (C=O) groups is 2. The van der Waals surface area contributed by atoms with E-state index in [2.05, 4.69) is 25.7 Å². The van der Waals surface area contributed by atoms with Crippen molar-refractivity contribution in [2.24, 2.45) is 0 Å². The molecule has 0 atom stereocenters. The third-order valence-corrected chi connectivity index (χ3v) is 5.01. The number of carbonyl (C=O) groups excluding carboxylic acids is 2. The molecule has 0 amide bonds. The Bertz CT molecular complexity index is 937. The number of aldehydes is 1. The van der Waals surface area contributed by atoms with Gasteiger partial charge < -0.3 is 9.47 Å². The van der Waals surface area contributed by atoms with Gasteiger partial charge in [0.2, 0.25) is 0 Å². The summed E-state index contributed by atoms with van der Waals surface area (Å²) in [5, 5.41) is 2.73. The topological polar surface area (TPSA) is 65.5 Å². The number of benzene rings is 2. The van der Waals surface area contributed by atoms with Crippen LogP contribution in [0.15, 0.2) is 52.3 Å². The van der Waals surface area contributed by atoms with Gasteiger partial charge in [0.05, 0.1) is 23.9 Å². The van der Waals surface area contributed by atoms with E-state index in [0.717, 1.165) is 27.0 Å². The van der Waals surface area contributed by atoms with Gasteiger partial charge in [-0.25, -0.2) is 9.78 Å². The standard InChI is InChI=1S/C19H14BrNO4S/c1-24-19(23)13-4-2-12(3-5-13)18-21-16(11-26-18)10-25-17-7-6-15(20)8-14(17)9-22/h2-9,11H,10H2,1H3. The maximum absolute atomic E-state index is 11.5. The Labute approximate surface area is 162 Å². The van der Waals surface area contributed by atoms with E-state index in [-0.39, 0.29) is 12.6 Å². The lowest BCUT2D eigenvalue weighted by molar-refractivity contribution is 0.0600. The molecule has 0 saturated heterocycles. The fourth-order valence-electron chi connectivity index (χ4n) is 2.27. The molecule has 0 bridgehead atoms. The molecule has 0 aliphatic heterocycles. The van der Waals surface area contributed by atoms with Crippen molar-refractivity contribution < 1.29 is 19.1 Å². The molecule has 0 fully saturated rings. The highest BCUT2D eigenvalue weighted by Crippen LogP contribution is 2.26. The molecule has 0 unspecified atom stereocenters. The van der Waals surface area contributed by atoms with Gasteiger partial charge in [-0.05, 0) is 30.3 Å². The highest BCUT2D eigenvalue weighted by Gasteiger charge is 2.10. The number of methoxy groups -OCH3 is 1. The number of ether oxygens (including phenoxy) is 2. The Morgan fingerprint density at radius 1 is 1.23 bits per heavy atom. The molecule has 2 aromatic carbocycles. The summed E-state index contributed by atoms with van der Waals surface area (Å²) in [5.41, 5.74) is 2.65. The predicted molar refractivity (Wildman–Crippen MR) is 103 cm³/mol. The molecule has 7 heteroatoms. The largest absolute Gasteiger partial charge is 0.487 e. The van der Waals surface area contributed by atoms with Crippen molar-refractivity contribution in [3.63, 3.8) is 0 Å². The summed E-state index contributed by atoms with van der Waals surface area (Å²) in [6.07, 6.45) is 0.759. The first-order valence-electron chi connectivity index (χ1n) is 7.61. The van der Waals surface area contributed by atoms with Crippen molar-refractivity contribution in [1.29, 1.82) is 0 Å². The molecule has 5 nitrogen and oxygen atoms in total. The average Bonchev–Trinajstić information content (AvgIpc) is 3.15. The molecule has 0 saturated carbocycles. The summed E-state index contributed by atoms with van der Waals surface area (Å²) in [6, 6.07) is 12.3. The summed E-state index contributed by atoms with van der Waals surface area (Å²) < 4.78 is 11.2. The van der Waals surface area contributed by atoms with Crippen LogP contribution in [0.3, 0.4) is 0 Å².